The second-order valence-electron chi connectivity index (χ2n) is 3.13. The third-order valence-electron chi connectivity index (χ3n) is 1.06. The zero-order valence-corrected chi connectivity index (χ0v) is 6.30. The van der Waals surface area contributed by atoms with E-state index in [9.17, 15) is 4.39 Å². The summed E-state index contributed by atoms with van der Waals surface area (Å²) in [6, 6.07) is 0. The molecule has 1 aromatic rings. The summed E-state index contributed by atoms with van der Waals surface area (Å²) in [6.45, 7) is 5.73. The third-order valence-corrected chi connectivity index (χ3v) is 1.06. The van der Waals surface area contributed by atoms with Crippen molar-refractivity contribution >= 4 is 0 Å². The van der Waals surface area contributed by atoms with E-state index in [1.165, 1.54) is 4.80 Å². The highest BCUT2D eigenvalue weighted by Crippen LogP contribution is 2.09. The fourth-order valence-electron chi connectivity index (χ4n) is 0.568. The van der Waals surface area contributed by atoms with Crippen LogP contribution in [0.4, 0.5) is 4.39 Å². The number of hydrogen-bond donors (Lipinski definition) is 0. The van der Waals surface area contributed by atoms with E-state index in [1.807, 2.05) is 20.8 Å². The molecule has 0 aliphatic rings. The molecule has 0 unspecified atom stereocenters. The summed E-state index contributed by atoms with van der Waals surface area (Å²) in [4.78, 5) is 1.35. The Bertz CT molecular complexity index is 223. The van der Waals surface area contributed by atoms with Crippen molar-refractivity contribution in [3.05, 3.63) is 12.1 Å². The number of aromatic nitrogens is 3. The molecular weight excluding hydrogens is 133 g/mol. The van der Waals surface area contributed by atoms with E-state index in [4.69, 9.17) is 0 Å². The lowest BCUT2D eigenvalue weighted by Crippen LogP contribution is -2.24. The zero-order chi connectivity index (χ0) is 7.78. The van der Waals surface area contributed by atoms with Crippen LogP contribution in [0, 0.1) is 5.95 Å². The van der Waals surface area contributed by atoms with Crippen LogP contribution >= 0.6 is 0 Å². The molecule has 1 aromatic heterocycles. The maximum absolute atomic E-state index is 12.3. The van der Waals surface area contributed by atoms with E-state index in [1.54, 1.807) is 0 Å². The molecule has 4 heteroatoms. The van der Waals surface area contributed by atoms with Crippen molar-refractivity contribution in [2.24, 2.45) is 0 Å². The summed E-state index contributed by atoms with van der Waals surface area (Å²) in [5, 5.41) is 7.24. The first kappa shape index (κ1) is 7.18. The molecule has 0 bridgehead atoms. The summed E-state index contributed by atoms with van der Waals surface area (Å²) in [7, 11) is 0. The SMILES string of the molecule is CC(C)(C)n1ncc(F)n1. The zero-order valence-electron chi connectivity index (χ0n) is 6.30. The Labute approximate surface area is 58.9 Å². The summed E-state index contributed by atoms with van der Waals surface area (Å²) in [5.41, 5.74) is -0.232. The summed E-state index contributed by atoms with van der Waals surface area (Å²) in [5.74, 6) is -0.532. The van der Waals surface area contributed by atoms with Crippen molar-refractivity contribution in [3.8, 4) is 0 Å². The van der Waals surface area contributed by atoms with Gasteiger partial charge >= 0.3 is 0 Å². The summed E-state index contributed by atoms with van der Waals surface area (Å²) < 4.78 is 12.3. The summed E-state index contributed by atoms with van der Waals surface area (Å²) in [6.07, 6.45) is 1.10. The van der Waals surface area contributed by atoms with Crippen LogP contribution in [-0.4, -0.2) is 15.0 Å². The van der Waals surface area contributed by atoms with Gasteiger partial charge < -0.3 is 0 Å². The van der Waals surface area contributed by atoms with Gasteiger partial charge in [-0.1, -0.05) is 0 Å². The first-order valence-corrected chi connectivity index (χ1v) is 3.08. The van der Waals surface area contributed by atoms with Gasteiger partial charge in [0.25, 0.3) is 5.95 Å². The third kappa shape index (κ3) is 1.32. The van der Waals surface area contributed by atoms with Gasteiger partial charge in [0.2, 0.25) is 0 Å². The number of halogens is 1. The highest BCUT2D eigenvalue weighted by molar-refractivity contribution is 4.73. The normalized spacial score (nSPS) is 12.0. The average molecular weight is 143 g/mol. The maximum Gasteiger partial charge on any atom is 0.252 e. The lowest BCUT2D eigenvalue weighted by atomic mass is 10.1. The van der Waals surface area contributed by atoms with Gasteiger partial charge in [0.05, 0.1) is 5.54 Å². The van der Waals surface area contributed by atoms with Crippen LogP contribution in [0.25, 0.3) is 0 Å². The Morgan fingerprint density at radius 2 is 2.10 bits per heavy atom. The highest BCUT2D eigenvalue weighted by atomic mass is 19.1. The van der Waals surface area contributed by atoms with Crippen molar-refractivity contribution < 1.29 is 4.39 Å². The lowest BCUT2D eigenvalue weighted by Gasteiger charge is -2.15. The molecule has 0 amide bonds. The molecule has 0 saturated carbocycles. The van der Waals surface area contributed by atoms with Gasteiger partial charge in [0.15, 0.2) is 0 Å². The van der Waals surface area contributed by atoms with Crippen LogP contribution in [0.2, 0.25) is 0 Å². The first-order valence-electron chi connectivity index (χ1n) is 3.08. The van der Waals surface area contributed by atoms with E-state index >= 15 is 0 Å². The minimum Gasteiger partial charge on any atom is -0.181 e. The van der Waals surface area contributed by atoms with Gasteiger partial charge in [-0.2, -0.15) is 14.3 Å². The second-order valence-corrected chi connectivity index (χ2v) is 3.13. The second kappa shape index (κ2) is 2.04. The number of hydrogen-bond acceptors (Lipinski definition) is 2. The quantitative estimate of drug-likeness (QED) is 0.545. The fourth-order valence-corrected chi connectivity index (χ4v) is 0.568. The molecule has 0 aliphatic heterocycles. The summed E-state index contributed by atoms with van der Waals surface area (Å²) >= 11 is 0. The minimum absolute atomic E-state index is 0.232. The predicted octanol–water partition coefficient (Wildman–Crippen LogP) is 1.17. The van der Waals surface area contributed by atoms with Crippen LogP contribution in [0.3, 0.4) is 0 Å². The molecule has 0 N–H and O–H groups in total. The Morgan fingerprint density at radius 3 is 2.30 bits per heavy atom. The largest absolute Gasteiger partial charge is 0.252 e. The molecule has 3 nitrogen and oxygen atoms in total. The molecular formula is C6H10FN3. The average Bonchev–Trinajstić information content (AvgIpc) is 2.11. The van der Waals surface area contributed by atoms with Crippen LogP contribution < -0.4 is 0 Å². The Kier molecular flexibility index (Phi) is 1.46. The van der Waals surface area contributed by atoms with E-state index in [2.05, 4.69) is 10.2 Å². The molecule has 0 spiro atoms. The Morgan fingerprint density at radius 1 is 1.50 bits per heavy atom. The van der Waals surface area contributed by atoms with E-state index in [-0.39, 0.29) is 5.54 Å². The molecule has 56 valence electrons. The topological polar surface area (TPSA) is 30.7 Å². The molecule has 0 aromatic carbocycles. The van der Waals surface area contributed by atoms with Crippen molar-refractivity contribution in [1.29, 1.82) is 0 Å². The monoisotopic (exact) mass is 143 g/mol. The first-order chi connectivity index (χ1) is 4.50. The van der Waals surface area contributed by atoms with Gasteiger partial charge in [-0.05, 0) is 20.8 Å². The molecule has 0 radical (unpaired) electrons. The van der Waals surface area contributed by atoms with Crippen molar-refractivity contribution in [1.82, 2.24) is 15.0 Å². The van der Waals surface area contributed by atoms with Crippen LogP contribution in [0.1, 0.15) is 20.8 Å². The molecule has 0 saturated heterocycles. The van der Waals surface area contributed by atoms with Gasteiger partial charge in [-0.25, -0.2) is 0 Å². The lowest BCUT2D eigenvalue weighted by molar-refractivity contribution is 0.304. The highest BCUT2D eigenvalue weighted by Gasteiger charge is 2.15. The van der Waals surface area contributed by atoms with Gasteiger partial charge in [0.1, 0.15) is 6.20 Å². The van der Waals surface area contributed by atoms with Gasteiger partial charge in [-0.15, -0.1) is 5.10 Å². The van der Waals surface area contributed by atoms with E-state index in [0.29, 0.717) is 0 Å². The smallest absolute Gasteiger partial charge is 0.181 e. The predicted molar refractivity (Wildman–Crippen MR) is 35.0 cm³/mol. The van der Waals surface area contributed by atoms with Gasteiger partial charge in [-0.3, -0.25) is 0 Å². The van der Waals surface area contributed by atoms with Crippen LogP contribution in [-0.2, 0) is 5.54 Å². The van der Waals surface area contributed by atoms with Gasteiger partial charge in [0, 0.05) is 0 Å². The van der Waals surface area contributed by atoms with Crippen molar-refractivity contribution in [2.75, 3.05) is 0 Å². The molecule has 0 fully saturated rings. The standard InChI is InChI=1S/C6H10FN3/c1-6(2,3)10-8-4-5(7)9-10/h4H,1-3H3. The number of rotatable bonds is 0. The Balaban J connectivity index is 2.96. The van der Waals surface area contributed by atoms with Crippen LogP contribution in [0.15, 0.2) is 6.20 Å². The fraction of sp³-hybridized carbons (Fsp3) is 0.667. The minimum atomic E-state index is -0.532. The van der Waals surface area contributed by atoms with E-state index in [0.717, 1.165) is 6.20 Å². The van der Waals surface area contributed by atoms with Crippen molar-refractivity contribution in [3.63, 3.8) is 0 Å². The van der Waals surface area contributed by atoms with E-state index < -0.39 is 5.95 Å². The molecule has 1 heterocycles. The Hall–Kier alpha value is -0.930. The maximum atomic E-state index is 12.3. The van der Waals surface area contributed by atoms with Crippen LogP contribution in [0.5, 0.6) is 0 Å². The number of nitrogens with zero attached hydrogens (tertiary/aromatic N) is 3. The van der Waals surface area contributed by atoms with Crippen molar-refractivity contribution in [2.45, 2.75) is 26.3 Å². The molecule has 0 aliphatic carbocycles. The molecule has 1 rings (SSSR count). The molecule has 0 atom stereocenters. The molecule has 10 heavy (non-hydrogen) atoms.